The first-order valence-corrected chi connectivity index (χ1v) is 12.8. The number of pyridine rings is 1. The Bertz CT molecular complexity index is 1360. The van der Waals surface area contributed by atoms with Gasteiger partial charge in [-0.25, -0.2) is 12.8 Å². The molecule has 1 aliphatic rings. The lowest BCUT2D eigenvalue weighted by molar-refractivity contribution is -0.137. The highest BCUT2D eigenvalue weighted by Crippen LogP contribution is 2.29. The quantitative estimate of drug-likeness (QED) is 0.434. The molecule has 12 heteroatoms. The summed E-state index contributed by atoms with van der Waals surface area (Å²) in [4.78, 5) is 16.4. The highest BCUT2D eigenvalue weighted by Gasteiger charge is 2.39. The van der Waals surface area contributed by atoms with Gasteiger partial charge in [0, 0.05) is 31.0 Å². The lowest BCUT2D eigenvalue weighted by atomic mass is 10.2. The highest BCUT2D eigenvalue weighted by atomic mass is 32.2. The number of aromatic nitrogens is 1. The van der Waals surface area contributed by atoms with Crippen molar-refractivity contribution in [3.05, 3.63) is 89.5 Å². The number of carbonyl (C=O) groups is 1. The lowest BCUT2D eigenvalue weighted by Gasteiger charge is -2.23. The first-order chi connectivity index (χ1) is 17.5. The van der Waals surface area contributed by atoms with Gasteiger partial charge in [0.05, 0.1) is 10.5 Å². The van der Waals surface area contributed by atoms with Gasteiger partial charge in [0.1, 0.15) is 24.2 Å². The van der Waals surface area contributed by atoms with Crippen LogP contribution in [-0.4, -0.2) is 36.2 Å². The average molecular weight is 538 g/mol. The van der Waals surface area contributed by atoms with Crippen molar-refractivity contribution in [2.45, 2.75) is 43.1 Å². The standard InChI is InChI=1S/C25H23F4N3O4S/c26-20-6-8-22(9-7-20)37(34,35)32-10-2-5-23(32)24(33)31-14-17-3-1-4-21(12-17)36-16-18-11-19(15-30-13-18)25(27,28)29/h1,3-4,6-9,11-13,15,23H,2,5,10,14,16H2,(H,31,33)/t23-/m0/s1. The molecule has 0 bridgehead atoms. The predicted octanol–water partition coefficient (Wildman–Crippen LogP) is 4.29. The second-order valence-electron chi connectivity index (χ2n) is 8.46. The maximum atomic E-state index is 13.2. The molecular formula is C25H23F4N3O4S. The molecule has 3 aromatic rings. The number of hydrogen-bond donors (Lipinski definition) is 1. The SMILES string of the molecule is O=C(NCc1cccc(OCc2cncc(C(F)(F)F)c2)c1)[C@@H]1CCCN1S(=O)(=O)c1ccc(F)cc1. The molecule has 4 rings (SSSR count). The van der Waals surface area contributed by atoms with Gasteiger partial charge < -0.3 is 10.1 Å². The number of nitrogens with zero attached hydrogens (tertiary/aromatic N) is 2. The second kappa shape index (κ2) is 10.9. The summed E-state index contributed by atoms with van der Waals surface area (Å²) in [5, 5.41) is 2.73. The van der Waals surface area contributed by atoms with E-state index in [4.69, 9.17) is 4.74 Å². The van der Waals surface area contributed by atoms with Crippen LogP contribution in [0, 0.1) is 5.82 Å². The van der Waals surface area contributed by atoms with Crippen molar-refractivity contribution in [3.63, 3.8) is 0 Å². The zero-order chi connectivity index (χ0) is 26.6. The number of halogens is 4. The fourth-order valence-electron chi connectivity index (χ4n) is 3.97. The average Bonchev–Trinajstić information content (AvgIpc) is 3.38. The van der Waals surface area contributed by atoms with Crippen LogP contribution in [0.3, 0.4) is 0 Å². The summed E-state index contributed by atoms with van der Waals surface area (Å²) in [5.41, 5.74) is 0.0311. The largest absolute Gasteiger partial charge is 0.489 e. The maximum absolute atomic E-state index is 13.2. The normalized spacial score (nSPS) is 16.5. The molecule has 0 unspecified atom stereocenters. The molecule has 1 amide bonds. The van der Waals surface area contributed by atoms with E-state index in [1.165, 1.54) is 18.3 Å². The van der Waals surface area contributed by atoms with Crippen LogP contribution in [-0.2, 0) is 34.1 Å². The number of amides is 1. The summed E-state index contributed by atoms with van der Waals surface area (Å²) in [6.07, 6.45) is -1.63. The minimum Gasteiger partial charge on any atom is -0.489 e. The first-order valence-electron chi connectivity index (χ1n) is 11.3. The Kier molecular flexibility index (Phi) is 7.79. The van der Waals surface area contributed by atoms with E-state index in [1.807, 2.05) is 0 Å². The zero-order valence-corrected chi connectivity index (χ0v) is 20.2. The van der Waals surface area contributed by atoms with E-state index in [9.17, 15) is 30.8 Å². The summed E-state index contributed by atoms with van der Waals surface area (Å²) in [5.74, 6) is -0.651. The van der Waals surface area contributed by atoms with Crippen LogP contribution in [0.2, 0.25) is 0 Å². The van der Waals surface area contributed by atoms with E-state index in [-0.39, 0.29) is 30.2 Å². The molecule has 1 fully saturated rings. The summed E-state index contributed by atoms with van der Waals surface area (Å²) in [6.45, 7) is 0.124. The first kappa shape index (κ1) is 26.6. The minimum atomic E-state index is -4.51. The molecule has 0 spiro atoms. The molecule has 7 nitrogen and oxygen atoms in total. The number of rotatable bonds is 8. The van der Waals surface area contributed by atoms with Crippen LogP contribution in [0.15, 0.2) is 71.9 Å². The maximum Gasteiger partial charge on any atom is 0.417 e. The monoisotopic (exact) mass is 537 g/mol. The van der Waals surface area contributed by atoms with Crippen LogP contribution in [0.1, 0.15) is 29.5 Å². The van der Waals surface area contributed by atoms with E-state index in [0.29, 0.717) is 24.2 Å². The molecule has 196 valence electrons. The van der Waals surface area contributed by atoms with E-state index >= 15 is 0 Å². The number of hydrogen-bond acceptors (Lipinski definition) is 5. The van der Waals surface area contributed by atoms with E-state index in [0.717, 1.165) is 28.7 Å². The topological polar surface area (TPSA) is 88.6 Å². The molecular weight excluding hydrogens is 514 g/mol. The highest BCUT2D eigenvalue weighted by molar-refractivity contribution is 7.89. The Labute approximate surface area is 211 Å². The molecule has 1 N–H and O–H groups in total. The van der Waals surface area contributed by atoms with E-state index < -0.39 is 39.5 Å². The van der Waals surface area contributed by atoms with Crippen LogP contribution < -0.4 is 10.1 Å². The van der Waals surface area contributed by atoms with Gasteiger partial charge in [0.2, 0.25) is 15.9 Å². The van der Waals surface area contributed by atoms with Gasteiger partial charge in [-0.2, -0.15) is 17.5 Å². The van der Waals surface area contributed by atoms with E-state index in [2.05, 4.69) is 10.3 Å². The molecule has 0 saturated carbocycles. The number of benzene rings is 2. The Morgan fingerprint density at radius 1 is 1.08 bits per heavy atom. The third kappa shape index (κ3) is 6.44. The fourth-order valence-corrected chi connectivity index (χ4v) is 5.63. The van der Waals surface area contributed by atoms with Crippen LogP contribution in [0.25, 0.3) is 0 Å². The number of alkyl halides is 3. The molecule has 1 aliphatic heterocycles. The van der Waals surface area contributed by atoms with Gasteiger partial charge in [-0.05, 0) is 60.9 Å². The van der Waals surface area contributed by atoms with Crippen molar-refractivity contribution in [1.29, 1.82) is 0 Å². The summed E-state index contributed by atoms with van der Waals surface area (Å²) in [6, 6.07) is 11.1. The van der Waals surface area contributed by atoms with Crippen molar-refractivity contribution >= 4 is 15.9 Å². The van der Waals surface area contributed by atoms with Gasteiger partial charge in [-0.15, -0.1) is 0 Å². The summed E-state index contributed by atoms with van der Waals surface area (Å²) < 4.78 is 84.5. The third-order valence-electron chi connectivity index (χ3n) is 5.82. The molecule has 37 heavy (non-hydrogen) atoms. The van der Waals surface area contributed by atoms with Crippen LogP contribution in [0.5, 0.6) is 5.75 Å². The molecule has 0 aliphatic carbocycles. The number of carbonyl (C=O) groups excluding carboxylic acids is 1. The second-order valence-corrected chi connectivity index (χ2v) is 10.4. The van der Waals surface area contributed by atoms with Gasteiger partial charge >= 0.3 is 6.18 Å². The van der Waals surface area contributed by atoms with Crippen molar-refractivity contribution in [3.8, 4) is 5.75 Å². The van der Waals surface area contributed by atoms with Crippen molar-refractivity contribution in [2.75, 3.05) is 6.54 Å². The van der Waals surface area contributed by atoms with Gasteiger partial charge in [-0.3, -0.25) is 9.78 Å². The minimum absolute atomic E-state index is 0.0854. The number of ether oxygens (including phenoxy) is 1. The van der Waals surface area contributed by atoms with Crippen molar-refractivity contribution in [1.82, 2.24) is 14.6 Å². The Morgan fingerprint density at radius 2 is 1.84 bits per heavy atom. The van der Waals surface area contributed by atoms with Gasteiger partial charge in [0.25, 0.3) is 0 Å². The zero-order valence-electron chi connectivity index (χ0n) is 19.4. The molecule has 1 saturated heterocycles. The van der Waals surface area contributed by atoms with Crippen LogP contribution in [0.4, 0.5) is 17.6 Å². The number of sulfonamides is 1. The molecule has 1 atom stereocenters. The number of nitrogens with one attached hydrogen (secondary N) is 1. The molecule has 2 heterocycles. The van der Waals surface area contributed by atoms with E-state index in [1.54, 1.807) is 24.3 Å². The predicted molar refractivity (Wildman–Crippen MR) is 125 cm³/mol. The molecule has 0 radical (unpaired) electrons. The summed E-state index contributed by atoms with van der Waals surface area (Å²) >= 11 is 0. The fraction of sp³-hybridized carbons (Fsp3) is 0.280. The molecule has 1 aromatic heterocycles. The summed E-state index contributed by atoms with van der Waals surface area (Å²) in [7, 11) is -3.98. The van der Waals surface area contributed by atoms with Gasteiger partial charge in [-0.1, -0.05) is 12.1 Å². The van der Waals surface area contributed by atoms with Crippen LogP contribution >= 0.6 is 0 Å². The Balaban J connectivity index is 1.36. The Morgan fingerprint density at radius 3 is 2.57 bits per heavy atom. The lowest BCUT2D eigenvalue weighted by Crippen LogP contribution is -2.45. The Hall–Kier alpha value is -3.51. The smallest absolute Gasteiger partial charge is 0.417 e. The van der Waals surface area contributed by atoms with Crippen molar-refractivity contribution in [2.24, 2.45) is 0 Å². The third-order valence-corrected chi connectivity index (χ3v) is 7.74. The van der Waals surface area contributed by atoms with Gasteiger partial charge in [0.15, 0.2) is 0 Å². The molecule has 2 aromatic carbocycles. The van der Waals surface area contributed by atoms with Crippen molar-refractivity contribution < 1.29 is 35.5 Å².